The van der Waals surface area contributed by atoms with Crippen LogP contribution in [0.4, 0.5) is 5.69 Å². The molecule has 0 unspecified atom stereocenters. The maximum atomic E-state index is 12.0. The van der Waals surface area contributed by atoms with E-state index < -0.39 is 5.97 Å². The highest BCUT2D eigenvalue weighted by molar-refractivity contribution is 9.10. The van der Waals surface area contributed by atoms with Gasteiger partial charge < -0.3 is 10.4 Å². The highest BCUT2D eigenvalue weighted by atomic mass is 79.9. The first kappa shape index (κ1) is 14.6. The first-order chi connectivity index (χ1) is 9.47. The van der Waals surface area contributed by atoms with Crippen molar-refractivity contribution in [3.05, 3.63) is 63.1 Å². The molecule has 0 saturated carbocycles. The summed E-state index contributed by atoms with van der Waals surface area (Å²) in [6, 6.07) is 11.1. The summed E-state index contributed by atoms with van der Waals surface area (Å²) >= 11 is 8.96. The molecule has 0 aliphatic carbocycles. The number of rotatable bonds is 3. The van der Waals surface area contributed by atoms with Crippen LogP contribution in [0.25, 0.3) is 0 Å². The average molecular weight is 355 g/mol. The fraction of sp³-hybridized carbons (Fsp3) is 0. The molecule has 2 rings (SSSR count). The van der Waals surface area contributed by atoms with Crippen LogP contribution >= 0.6 is 27.5 Å². The molecule has 0 fully saturated rings. The molecule has 0 aliphatic heterocycles. The van der Waals surface area contributed by atoms with Crippen molar-refractivity contribution in [1.29, 1.82) is 0 Å². The van der Waals surface area contributed by atoms with Crippen LogP contribution in [0.2, 0.25) is 5.02 Å². The maximum Gasteiger partial charge on any atom is 0.336 e. The van der Waals surface area contributed by atoms with E-state index in [9.17, 15) is 9.59 Å². The Balaban J connectivity index is 2.24. The van der Waals surface area contributed by atoms with E-state index in [-0.39, 0.29) is 11.5 Å². The van der Waals surface area contributed by atoms with Crippen molar-refractivity contribution in [2.75, 3.05) is 5.32 Å². The number of carbonyl (C=O) groups excluding carboxylic acids is 1. The minimum absolute atomic E-state index is 0.0777. The fourth-order valence-electron chi connectivity index (χ4n) is 1.60. The molecule has 4 nitrogen and oxygen atoms in total. The standard InChI is InChI=1S/C14H9BrClNO3/c15-12-5-4-10(7-11(12)14(19)20)17-13(18)8-2-1-3-9(16)6-8/h1-7H,(H,17,18)(H,19,20). The number of carboxylic acids is 1. The van der Waals surface area contributed by atoms with Crippen molar-refractivity contribution in [1.82, 2.24) is 0 Å². The summed E-state index contributed by atoms with van der Waals surface area (Å²) in [5.41, 5.74) is 0.877. The molecule has 0 aliphatic rings. The summed E-state index contributed by atoms with van der Waals surface area (Å²) in [5.74, 6) is -1.43. The lowest BCUT2D eigenvalue weighted by atomic mass is 10.1. The number of carbonyl (C=O) groups is 2. The second-order valence-corrected chi connectivity index (χ2v) is 5.26. The van der Waals surface area contributed by atoms with Gasteiger partial charge in [-0.25, -0.2) is 4.79 Å². The zero-order valence-electron chi connectivity index (χ0n) is 10.1. The maximum absolute atomic E-state index is 12.0. The summed E-state index contributed by atoms with van der Waals surface area (Å²) in [6.45, 7) is 0. The third-order valence-corrected chi connectivity index (χ3v) is 3.47. The monoisotopic (exact) mass is 353 g/mol. The number of benzene rings is 2. The number of hydrogen-bond donors (Lipinski definition) is 2. The van der Waals surface area contributed by atoms with Gasteiger partial charge >= 0.3 is 5.97 Å². The predicted octanol–water partition coefficient (Wildman–Crippen LogP) is 4.05. The number of carboxylic acid groups (broad SMARTS) is 1. The Labute approximate surface area is 128 Å². The van der Waals surface area contributed by atoms with Gasteiger partial charge in [0.25, 0.3) is 5.91 Å². The molecule has 0 atom stereocenters. The molecule has 20 heavy (non-hydrogen) atoms. The number of nitrogens with one attached hydrogen (secondary N) is 1. The zero-order chi connectivity index (χ0) is 14.7. The number of anilines is 1. The molecule has 102 valence electrons. The van der Waals surface area contributed by atoms with Crippen molar-refractivity contribution in [2.45, 2.75) is 0 Å². The largest absolute Gasteiger partial charge is 0.478 e. The highest BCUT2D eigenvalue weighted by Crippen LogP contribution is 2.22. The molecule has 2 aromatic carbocycles. The zero-order valence-corrected chi connectivity index (χ0v) is 12.4. The Morgan fingerprint density at radius 2 is 1.90 bits per heavy atom. The van der Waals surface area contributed by atoms with Crippen molar-refractivity contribution in [3.8, 4) is 0 Å². The van der Waals surface area contributed by atoms with Crippen LogP contribution in [0, 0.1) is 0 Å². The van der Waals surface area contributed by atoms with Crippen molar-refractivity contribution in [2.24, 2.45) is 0 Å². The van der Waals surface area contributed by atoms with Gasteiger partial charge in [0.05, 0.1) is 5.56 Å². The van der Waals surface area contributed by atoms with E-state index in [1.807, 2.05) is 0 Å². The Bertz CT molecular complexity index is 688. The molecule has 0 radical (unpaired) electrons. The normalized spacial score (nSPS) is 10.1. The first-order valence-electron chi connectivity index (χ1n) is 5.57. The van der Waals surface area contributed by atoms with Gasteiger partial charge in [-0.3, -0.25) is 4.79 Å². The lowest BCUT2D eigenvalue weighted by Gasteiger charge is -2.07. The van der Waals surface area contributed by atoms with Gasteiger partial charge in [-0.2, -0.15) is 0 Å². The second-order valence-electron chi connectivity index (χ2n) is 3.96. The van der Waals surface area contributed by atoms with Gasteiger partial charge in [0.1, 0.15) is 0 Å². The van der Waals surface area contributed by atoms with Gasteiger partial charge in [0.15, 0.2) is 0 Å². The van der Waals surface area contributed by atoms with Crippen molar-refractivity contribution in [3.63, 3.8) is 0 Å². The van der Waals surface area contributed by atoms with Crippen LogP contribution < -0.4 is 5.32 Å². The van der Waals surface area contributed by atoms with Crippen LogP contribution in [0.5, 0.6) is 0 Å². The van der Waals surface area contributed by atoms with Gasteiger partial charge in [-0.1, -0.05) is 17.7 Å². The lowest BCUT2D eigenvalue weighted by molar-refractivity contribution is 0.0695. The SMILES string of the molecule is O=C(Nc1ccc(Br)c(C(=O)O)c1)c1cccc(Cl)c1. The van der Waals surface area contributed by atoms with Gasteiger partial charge in [0, 0.05) is 20.7 Å². The molecule has 0 aromatic heterocycles. The van der Waals surface area contributed by atoms with E-state index in [2.05, 4.69) is 21.2 Å². The van der Waals surface area contributed by atoms with E-state index in [1.165, 1.54) is 12.1 Å². The van der Waals surface area contributed by atoms with Crippen LogP contribution in [-0.4, -0.2) is 17.0 Å². The van der Waals surface area contributed by atoms with Crippen molar-refractivity contribution < 1.29 is 14.7 Å². The average Bonchev–Trinajstić information content (AvgIpc) is 2.40. The quantitative estimate of drug-likeness (QED) is 0.874. The predicted molar refractivity (Wildman–Crippen MR) is 80.5 cm³/mol. The summed E-state index contributed by atoms with van der Waals surface area (Å²) in [6.07, 6.45) is 0. The lowest BCUT2D eigenvalue weighted by Crippen LogP contribution is -2.12. The molecule has 0 saturated heterocycles. The summed E-state index contributed by atoms with van der Waals surface area (Å²) in [5, 5.41) is 12.1. The molecule has 0 heterocycles. The highest BCUT2D eigenvalue weighted by Gasteiger charge is 2.11. The molecule has 1 amide bonds. The van der Waals surface area contributed by atoms with Crippen molar-refractivity contribution >= 4 is 45.1 Å². The summed E-state index contributed by atoms with van der Waals surface area (Å²) in [4.78, 5) is 23.0. The smallest absolute Gasteiger partial charge is 0.336 e. The van der Waals surface area contributed by atoms with Crippen LogP contribution in [0.1, 0.15) is 20.7 Å². The fourth-order valence-corrected chi connectivity index (χ4v) is 2.21. The number of halogens is 2. The van der Waals surface area contributed by atoms with Gasteiger partial charge in [-0.15, -0.1) is 0 Å². The molecule has 2 N–H and O–H groups in total. The Kier molecular flexibility index (Phi) is 4.42. The van der Waals surface area contributed by atoms with E-state index in [0.717, 1.165) is 0 Å². The Hall–Kier alpha value is -1.85. The molecular weight excluding hydrogens is 346 g/mol. The Morgan fingerprint density at radius 1 is 1.15 bits per heavy atom. The number of aromatic carboxylic acids is 1. The number of hydrogen-bond acceptors (Lipinski definition) is 2. The third-order valence-electron chi connectivity index (χ3n) is 2.54. The van der Waals surface area contributed by atoms with Crippen LogP contribution in [0.15, 0.2) is 46.9 Å². The summed E-state index contributed by atoms with van der Waals surface area (Å²) in [7, 11) is 0. The Morgan fingerprint density at radius 3 is 2.55 bits per heavy atom. The second kappa shape index (κ2) is 6.07. The van der Waals surface area contributed by atoms with E-state index >= 15 is 0 Å². The van der Waals surface area contributed by atoms with E-state index in [1.54, 1.807) is 30.3 Å². The molecule has 0 bridgehead atoms. The molecular formula is C14H9BrClNO3. The summed E-state index contributed by atoms with van der Waals surface area (Å²) < 4.78 is 0.450. The number of amides is 1. The third kappa shape index (κ3) is 3.37. The minimum atomic E-state index is -1.07. The van der Waals surface area contributed by atoms with Crippen LogP contribution in [-0.2, 0) is 0 Å². The topological polar surface area (TPSA) is 66.4 Å². The van der Waals surface area contributed by atoms with E-state index in [4.69, 9.17) is 16.7 Å². The van der Waals surface area contributed by atoms with Gasteiger partial charge in [0.2, 0.25) is 0 Å². The minimum Gasteiger partial charge on any atom is -0.478 e. The molecule has 2 aromatic rings. The first-order valence-corrected chi connectivity index (χ1v) is 6.74. The molecule has 6 heteroatoms. The van der Waals surface area contributed by atoms with Gasteiger partial charge in [-0.05, 0) is 52.3 Å². The molecule has 0 spiro atoms. The van der Waals surface area contributed by atoms with E-state index in [0.29, 0.717) is 20.7 Å². The van der Waals surface area contributed by atoms with Crippen LogP contribution in [0.3, 0.4) is 0 Å².